The van der Waals surface area contributed by atoms with E-state index in [2.05, 4.69) is 20.7 Å². The Bertz CT molecular complexity index is 1320. The van der Waals surface area contributed by atoms with Crippen LogP contribution in [0.4, 0.5) is 4.39 Å². The number of aliphatic carboxylic acids is 1. The Morgan fingerprint density at radius 2 is 1.76 bits per heavy atom. The molecule has 3 aromatic carbocycles. The van der Waals surface area contributed by atoms with Gasteiger partial charge in [0.2, 0.25) is 0 Å². The summed E-state index contributed by atoms with van der Waals surface area (Å²) in [7, 11) is 0. The van der Waals surface area contributed by atoms with E-state index in [9.17, 15) is 24.2 Å². The highest BCUT2D eigenvalue weighted by molar-refractivity contribution is 5.97. The number of hydrogen-bond acceptors (Lipinski definition) is 5. The zero-order valence-corrected chi connectivity index (χ0v) is 18.3. The molecule has 4 N–H and O–H groups in total. The molecule has 0 bridgehead atoms. The molecule has 34 heavy (non-hydrogen) atoms. The number of carboxylic acids is 1. The minimum absolute atomic E-state index is 0.0143. The minimum atomic E-state index is -2.07. The van der Waals surface area contributed by atoms with Gasteiger partial charge < -0.3 is 15.5 Å². The number of benzene rings is 3. The Balaban J connectivity index is 1.56. The number of aliphatic hydroxyl groups is 1. The van der Waals surface area contributed by atoms with E-state index in [1.807, 2.05) is 54.6 Å². The van der Waals surface area contributed by atoms with Crippen LogP contribution in [0.1, 0.15) is 29.3 Å². The molecule has 1 aromatic heterocycles. The number of nitrogens with one attached hydrogen (secondary N) is 2. The van der Waals surface area contributed by atoms with E-state index in [4.69, 9.17) is 0 Å². The van der Waals surface area contributed by atoms with Crippen LogP contribution in [0.5, 0.6) is 0 Å². The summed E-state index contributed by atoms with van der Waals surface area (Å²) in [5.74, 6) is -2.72. The van der Waals surface area contributed by atoms with E-state index in [-0.39, 0.29) is 29.4 Å². The molecule has 1 unspecified atom stereocenters. The molecular weight excluding hydrogens is 439 g/mol. The quantitative estimate of drug-likeness (QED) is 0.318. The van der Waals surface area contributed by atoms with Crippen molar-refractivity contribution >= 4 is 22.9 Å². The first-order valence-electron chi connectivity index (χ1n) is 10.6. The second kappa shape index (κ2) is 9.40. The average Bonchev–Trinajstić information content (AvgIpc) is 3.29. The molecule has 0 fully saturated rings. The summed E-state index contributed by atoms with van der Waals surface area (Å²) in [4.78, 5) is 24.4. The second-order valence-corrected chi connectivity index (χ2v) is 8.39. The number of rotatable bonds is 8. The first-order valence-corrected chi connectivity index (χ1v) is 10.6. The summed E-state index contributed by atoms with van der Waals surface area (Å²) in [5.41, 5.74) is 1.14. The number of H-pyrrole nitrogens is 1. The van der Waals surface area contributed by atoms with Crippen LogP contribution < -0.4 is 5.32 Å². The van der Waals surface area contributed by atoms with Gasteiger partial charge in [-0.15, -0.1) is 5.10 Å². The number of halogens is 1. The average molecular weight is 462 g/mol. The van der Waals surface area contributed by atoms with Gasteiger partial charge in [-0.1, -0.05) is 59.8 Å². The van der Waals surface area contributed by atoms with Crippen molar-refractivity contribution in [2.24, 2.45) is 0 Å². The molecule has 4 rings (SSSR count). The number of aromatic nitrogens is 3. The molecule has 8 nitrogen and oxygen atoms in total. The Morgan fingerprint density at radius 1 is 1.09 bits per heavy atom. The third kappa shape index (κ3) is 5.10. The summed E-state index contributed by atoms with van der Waals surface area (Å²) in [5, 5.41) is 32.1. The van der Waals surface area contributed by atoms with E-state index in [0.717, 1.165) is 22.8 Å². The van der Waals surface area contributed by atoms with Crippen LogP contribution >= 0.6 is 0 Å². The topological polar surface area (TPSA) is 128 Å². The lowest BCUT2D eigenvalue weighted by atomic mass is 9.92. The highest BCUT2D eigenvalue weighted by atomic mass is 19.1. The van der Waals surface area contributed by atoms with Gasteiger partial charge in [-0.25, -0.2) is 9.18 Å². The zero-order chi connectivity index (χ0) is 24.3. The molecule has 2 atom stereocenters. The van der Waals surface area contributed by atoms with Gasteiger partial charge in [0.1, 0.15) is 5.52 Å². The first-order chi connectivity index (χ1) is 16.2. The van der Waals surface area contributed by atoms with Crippen molar-refractivity contribution in [3.8, 4) is 11.1 Å². The van der Waals surface area contributed by atoms with Crippen LogP contribution in [0.2, 0.25) is 0 Å². The van der Waals surface area contributed by atoms with Gasteiger partial charge in [0.15, 0.2) is 11.4 Å². The molecule has 4 aromatic rings. The molecule has 174 valence electrons. The first kappa shape index (κ1) is 23.1. The maximum Gasteiger partial charge on any atom is 0.335 e. The predicted molar refractivity (Wildman–Crippen MR) is 124 cm³/mol. The minimum Gasteiger partial charge on any atom is -0.479 e. The lowest BCUT2D eigenvalue weighted by molar-refractivity contribution is -0.157. The largest absolute Gasteiger partial charge is 0.479 e. The van der Waals surface area contributed by atoms with Crippen molar-refractivity contribution in [2.45, 2.75) is 31.4 Å². The van der Waals surface area contributed by atoms with Crippen molar-refractivity contribution in [3.05, 3.63) is 83.7 Å². The zero-order valence-electron chi connectivity index (χ0n) is 18.3. The van der Waals surface area contributed by atoms with Gasteiger partial charge in [0.05, 0.1) is 5.52 Å². The van der Waals surface area contributed by atoms with E-state index < -0.39 is 29.3 Å². The molecule has 1 heterocycles. The lowest BCUT2D eigenvalue weighted by Crippen LogP contribution is -2.46. The maximum atomic E-state index is 14.3. The van der Waals surface area contributed by atoms with Gasteiger partial charge in [0.25, 0.3) is 5.91 Å². The fourth-order valence-electron chi connectivity index (χ4n) is 3.80. The van der Waals surface area contributed by atoms with Crippen molar-refractivity contribution in [1.82, 2.24) is 20.7 Å². The third-order valence-electron chi connectivity index (χ3n) is 5.63. The van der Waals surface area contributed by atoms with Crippen molar-refractivity contribution in [3.63, 3.8) is 0 Å². The van der Waals surface area contributed by atoms with Crippen LogP contribution in [0.15, 0.2) is 66.7 Å². The lowest BCUT2D eigenvalue weighted by Gasteiger charge is -2.26. The van der Waals surface area contributed by atoms with Gasteiger partial charge in [-0.3, -0.25) is 9.89 Å². The highest BCUT2D eigenvalue weighted by Gasteiger charge is 2.34. The smallest absolute Gasteiger partial charge is 0.335 e. The summed E-state index contributed by atoms with van der Waals surface area (Å²) in [6, 6.07) is 19.2. The van der Waals surface area contributed by atoms with E-state index in [0.29, 0.717) is 0 Å². The van der Waals surface area contributed by atoms with E-state index in [1.54, 1.807) is 0 Å². The van der Waals surface area contributed by atoms with Crippen LogP contribution in [-0.4, -0.2) is 49.1 Å². The monoisotopic (exact) mass is 462 g/mol. The van der Waals surface area contributed by atoms with Gasteiger partial charge in [-0.05, 0) is 42.2 Å². The molecule has 0 saturated heterocycles. The number of nitrogens with zero attached hydrogens (tertiary/aromatic N) is 2. The fourth-order valence-corrected chi connectivity index (χ4v) is 3.80. The standard InChI is InChI=1S/C25H23FN4O4/c1-25(34,24(32)33)14-19(11-15-7-9-17(10-8-15)16-5-3-2-4-6-16)27-23(31)18-12-20(26)22-21(13-18)28-30-29-22/h2-10,12-13,19,34H,11,14H2,1H3,(H,27,31)(H,32,33)(H,28,29,30)/t19?,25-/m1/s1. The molecule has 9 heteroatoms. The Morgan fingerprint density at radius 3 is 2.44 bits per heavy atom. The van der Waals surface area contributed by atoms with Gasteiger partial charge in [-0.2, -0.15) is 0 Å². The molecule has 0 aliphatic rings. The summed E-state index contributed by atoms with van der Waals surface area (Å²) < 4.78 is 14.3. The summed E-state index contributed by atoms with van der Waals surface area (Å²) in [6.07, 6.45) is 0.0193. The maximum absolute atomic E-state index is 14.3. The molecule has 0 aliphatic heterocycles. The van der Waals surface area contributed by atoms with Crippen LogP contribution in [0, 0.1) is 5.82 Å². The van der Waals surface area contributed by atoms with Crippen molar-refractivity contribution < 1.29 is 24.2 Å². The number of aromatic amines is 1. The summed E-state index contributed by atoms with van der Waals surface area (Å²) >= 11 is 0. The normalized spacial score (nSPS) is 13.9. The highest BCUT2D eigenvalue weighted by Crippen LogP contribution is 2.22. The molecular formula is C25H23FN4O4. The van der Waals surface area contributed by atoms with E-state index >= 15 is 0 Å². The molecule has 0 saturated carbocycles. The Labute approximate surface area is 194 Å². The summed E-state index contributed by atoms with van der Waals surface area (Å²) in [6.45, 7) is 1.18. The van der Waals surface area contributed by atoms with Crippen molar-refractivity contribution in [1.29, 1.82) is 0 Å². The SMILES string of the molecule is C[C@@](O)(CC(Cc1ccc(-c2ccccc2)cc1)NC(=O)c1cc(F)c2nn[nH]c2c1)C(=O)O. The fraction of sp³-hybridized carbons (Fsp3) is 0.200. The van der Waals surface area contributed by atoms with Crippen molar-refractivity contribution in [2.75, 3.05) is 0 Å². The van der Waals surface area contributed by atoms with Crippen LogP contribution in [0.25, 0.3) is 22.2 Å². The number of fused-ring (bicyclic) bond motifs is 1. The van der Waals surface area contributed by atoms with Crippen LogP contribution in [-0.2, 0) is 11.2 Å². The molecule has 0 aliphatic carbocycles. The molecule has 0 radical (unpaired) electrons. The van der Waals surface area contributed by atoms with E-state index in [1.165, 1.54) is 13.0 Å². The Kier molecular flexibility index (Phi) is 6.38. The third-order valence-corrected chi connectivity index (χ3v) is 5.63. The van der Waals surface area contributed by atoms with Gasteiger partial charge in [0, 0.05) is 18.0 Å². The van der Waals surface area contributed by atoms with Gasteiger partial charge >= 0.3 is 5.97 Å². The van der Waals surface area contributed by atoms with Crippen LogP contribution in [0.3, 0.4) is 0 Å². The Hall–Kier alpha value is -4.11. The number of carbonyl (C=O) groups is 2. The predicted octanol–water partition coefficient (Wildman–Crippen LogP) is 3.33. The number of hydrogen-bond donors (Lipinski definition) is 4. The number of amides is 1. The molecule has 1 amide bonds. The second-order valence-electron chi connectivity index (χ2n) is 8.39. The number of carbonyl (C=O) groups excluding carboxylic acids is 1. The number of carboxylic acid groups (broad SMARTS) is 1. The molecule has 0 spiro atoms.